The monoisotopic (exact) mass is 241 g/mol. The maximum absolute atomic E-state index is 2.25. The van der Waals surface area contributed by atoms with Crippen molar-refractivity contribution in [1.82, 2.24) is 0 Å². The third-order valence-corrected chi connectivity index (χ3v) is 4.46. The van der Waals surface area contributed by atoms with Crippen molar-refractivity contribution in [1.29, 1.82) is 0 Å². The molecule has 0 saturated carbocycles. The molecule has 0 aliphatic carbocycles. The van der Waals surface area contributed by atoms with Gasteiger partial charge in [0.2, 0.25) is 0 Å². The molecule has 0 bridgehead atoms. The van der Waals surface area contributed by atoms with Gasteiger partial charge in [0.15, 0.2) is 0 Å². The Labute approximate surface area is 102 Å². The predicted octanol–water partition coefficient (Wildman–Crippen LogP) is 4.81. The average molecular weight is 241 g/mol. The Morgan fingerprint density at radius 3 is 1.33 bits per heavy atom. The SMILES string of the molecule is CC=CC(C)=[C](C)[V][C](C)=C(C)C=CC. The second-order valence-electron chi connectivity index (χ2n) is 3.65. The molecule has 0 amide bonds. The third kappa shape index (κ3) is 5.86. The van der Waals surface area contributed by atoms with E-state index in [2.05, 4.69) is 65.8 Å². The van der Waals surface area contributed by atoms with Gasteiger partial charge >= 0.3 is 102 Å². The molecule has 0 aliphatic rings. The summed E-state index contributed by atoms with van der Waals surface area (Å²) < 4.78 is 3.09. The Hall–Kier alpha value is -0.456. The van der Waals surface area contributed by atoms with E-state index in [1.54, 1.807) is 8.57 Å². The van der Waals surface area contributed by atoms with Crippen LogP contribution in [-0.2, 0) is 16.3 Å². The van der Waals surface area contributed by atoms with Gasteiger partial charge in [-0.15, -0.1) is 0 Å². The molecule has 0 radical (unpaired) electrons. The van der Waals surface area contributed by atoms with E-state index >= 15 is 0 Å². The minimum atomic E-state index is 0.202. The number of rotatable bonds is 4. The molecular formula is C14H22V. The van der Waals surface area contributed by atoms with Crippen LogP contribution in [0.3, 0.4) is 0 Å². The fourth-order valence-corrected chi connectivity index (χ4v) is 2.74. The first-order chi connectivity index (χ1) is 7.02. The van der Waals surface area contributed by atoms with Crippen molar-refractivity contribution < 1.29 is 16.3 Å². The molecule has 0 aliphatic heterocycles. The van der Waals surface area contributed by atoms with Gasteiger partial charge in [0.05, 0.1) is 0 Å². The van der Waals surface area contributed by atoms with Crippen LogP contribution in [0.25, 0.3) is 0 Å². The van der Waals surface area contributed by atoms with Crippen LogP contribution < -0.4 is 0 Å². The molecule has 0 spiro atoms. The fraction of sp³-hybridized carbons (Fsp3) is 0.429. The minimum absolute atomic E-state index is 0.202. The molecular weight excluding hydrogens is 219 g/mol. The summed E-state index contributed by atoms with van der Waals surface area (Å²) in [6, 6.07) is 0. The summed E-state index contributed by atoms with van der Waals surface area (Å²) in [7, 11) is 0. The number of hydrogen-bond acceptors (Lipinski definition) is 0. The topological polar surface area (TPSA) is 0 Å². The normalized spacial score (nSPS) is 15.6. The molecule has 0 aromatic carbocycles. The first kappa shape index (κ1) is 14.5. The summed E-state index contributed by atoms with van der Waals surface area (Å²) in [6.45, 7) is 13.0. The van der Waals surface area contributed by atoms with E-state index in [0.717, 1.165) is 0 Å². The van der Waals surface area contributed by atoms with E-state index in [0.29, 0.717) is 0 Å². The average Bonchev–Trinajstić information content (AvgIpc) is 2.18. The van der Waals surface area contributed by atoms with Gasteiger partial charge in [-0.2, -0.15) is 0 Å². The molecule has 1 heteroatoms. The van der Waals surface area contributed by atoms with Crippen LogP contribution in [0.1, 0.15) is 41.5 Å². The van der Waals surface area contributed by atoms with E-state index in [1.165, 1.54) is 11.1 Å². The summed E-state index contributed by atoms with van der Waals surface area (Å²) in [6.07, 6.45) is 8.61. The second-order valence-corrected chi connectivity index (χ2v) is 6.09. The van der Waals surface area contributed by atoms with Crippen molar-refractivity contribution in [3.8, 4) is 0 Å². The summed E-state index contributed by atoms with van der Waals surface area (Å²) in [4.78, 5) is 0. The molecule has 0 atom stereocenters. The van der Waals surface area contributed by atoms with Crippen LogP contribution in [0.2, 0.25) is 0 Å². The van der Waals surface area contributed by atoms with Crippen molar-refractivity contribution in [2.45, 2.75) is 41.5 Å². The summed E-state index contributed by atoms with van der Waals surface area (Å²) >= 11 is 0.202. The van der Waals surface area contributed by atoms with E-state index in [9.17, 15) is 0 Å². The first-order valence-electron chi connectivity index (χ1n) is 5.35. The number of allylic oxidation sites excluding steroid dienone is 8. The molecule has 0 unspecified atom stereocenters. The molecule has 0 aromatic heterocycles. The molecule has 0 N–H and O–H groups in total. The van der Waals surface area contributed by atoms with Gasteiger partial charge < -0.3 is 0 Å². The number of hydrogen-bond donors (Lipinski definition) is 0. The van der Waals surface area contributed by atoms with E-state index < -0.39 is 0 Å². The zero-order chi connectivity index (χ0) is 11.8. The first-order valence-corrected chi connectivity index (χ1v) is 6.74. The molecule has 0 aromatic rings. The van der Waals surface area contributed by atoms with Crippen LogP contribution in [0.4, 0.5) is 0 Å². The van der Waals surface area contributed by atoms with Crippen molar-refractivity contribution >= 4 is 0 Å². The Balaban J connectivity index is 4.75. The van der Waals surface area contributed by atoms with Crippen LogP contribution >= 0.6 is 0 Å². The van der Waals surface area contributed by atoms with E-state index in [1.807, 2.05) is 0 Å². The zero-order valence-corrected chi connectivity index (χ0v) is 12.2. The molecule has 0 heterocycles. The molecule has 0 nitrogen and oxygen atoms in total. The van der Waals surface area contributed by atoms with Gasteiger partial charge in [0.1, 0.15) is 0 Å². The van der Waals surface area contributed by atoms with Gasteiger partial charge in [0, 0.05) is 0 Å². The summed E-state index contributed by atoms with van der Waals surface area (Å²) in [5.74, 6) is 0. The Kier molecular flexibility index (Phi) is 7.55. The molecule has 0 fully saturated rings. The third-order valence-electron chi connectivity index (χ3n) is 2.31. The zero-order valence-electron chi connectivity index (χ0n) is 10.8. The summed E-state index contributed by atoms with van der Waals surface area (Å²) in [5, 5.41) is 0. The van der Waals surface area contributed by atoms with Crippen LogP contribution in [-0.4, -0.2) is 0 Å². The van der Waals surface area contributed by atoms with Crippen LogP contribution in [0, 0.1) is 0 Å². The second kappa shape index (κ2) is 7.79. The van der Waals surface area contributed by atoms with E-state index in [-0.39, 0.29) is 16.3 Å². The van der Waals surface area contributed by atoms with Gasteiger partial charge in [-0.05, 0) is 0 Å². The molecule has 15 heavy (non-hydrogen) atoms. The predicted molar refractivity (Wildman–Crippen MR) is 66.4 cm³/mol. The fourth-order valence-electron chi connectivity index (χ4n) is 1.17. The van der Waals surface area contributed by atoms with Gasteiger partial charge in [-0.3, -0.25) is 0 Å². The standard InChI is InChI=1S/2C7H11.V/c2*1-4-6-7(3)5-2;/h2*4,6H,1-3H3;. The maximum atomic E-state index is 2.25. The van der Waals surface area contributed by atoms with Gasteiger partial charge in [-0.1, -0.05) is 0 Å². The Bertz CT molecular complexity index is 282. The van der Waals surface area contributed by atoms with Crippen molar-refractivity contribution in [3.63, 3.8) is 0 Å². The Morgan fingerprint density at radius 1 is 0.733 bits per heavy atom. The van der Waals surface area contributed by atoms with Crippen LogP contribution in [0.5, 0.6) is 0 Å². The summed E-state index contributed by atoms with van der Waals surface area (Å²) in [5.41, 5.74) is 2.84. The molecule has 83 valence electrons. The Morgan fingerprint density at radius 2 is 1.07 bits per heavy atom. The van der Waals surface area contributed by atoms with Crippen LogP contribution in [0.15, 0.2) is 44.0 Å². The van der Waals surface area contributed by atoms with Crippen molar-refractivity contribution in [2.24, 2.45) is 0 Å². The molecule has 0 rings (SSSR count). The molecule has 0 saturated heterocycles. The van der Waals surface area contributed by atoms with Crippen molar-refractivity contribution in [2.75, 3.05) is 0 Å². The van der Waals surface area contributed by atoms with E-state index in [4.69, 9.17) is 0 Å². The van der Waals surface area contributed by atoms with Crippen molar-refractivity contribution in [3.05, 3.63) is 44.0 Å². The van der Waals surface area contributed by atoms with Gasteiger partial charge in [-0.25, -0.2) is 0 Å². The quantitative estimate of drug-likeness (QED) is 0.620. The van der Waals surface area contributed by atoms with Gasteiger partial charge in [0.25, 0.3) is 0 Å².